The molecule has 24 heavy (non-hydrogen) atoms. The first-order valence-corrected chi connectivity index (χ1v) is 8.77. The summed E-state index contributed by atoms with van der Waals surface area (Å²) in [5.74, 6) is 0.349. The molecule has 1 fully saturated rings. The van der Waals surface area contributed by atoms with Crippen molar-refractivity contribution in [2.75, 3.05) is 13.1 Å². The van der Waals surface area contributed by atoms with Crippen LogP contribution in [-0.2, 0) is 6.42 Å². The number of hydrogen-bond acceptors (Lipinski definition) is 3. The van der Waals surface area contributed by atoms with Crippen LogP contribution in [0.5, 0.6) is 0 Å². The molecule has 3 nitrogen and oxygen atoms in total. The molecule has 0 saturated carbocycles. The minimum atomic E-state index is 0.0344. The quantitative estimate of drug-likeness (QED) is 0.477. The molecular weight excluding hydrogens is 320 g/mol. The smallest absolute Gasteiger partial charge is 0.0441 e. The normalized spacial score (nSPS) is 24.3. The summed E-state index contributed by atoms with van der Waals surface area (Å²) in [5, 5.41) is 16.6. The van der Waals surface area contributed by atoms with Gasteiger partial charge >= 0.3 is 0 Å². The van der Waals surface area contributed by atoms with E-state index in [1.54, 1.807) is 6.21 Å². The van der Waals surface area contributed by atoms with Gasteiger partial charge in [-0.2, -0.15) is 0 Å². The van der Waals surface area contributed by atoms with Gasteiger partial charge in [-0.1, -0.05) is 54.1 Å². The Kier molecular flexibility index (Phi) is 5.54. The molecule has 3 rings (SSSR count). The number of oxime groups is 1. The zero-order valence-electron chi connectivity index (χ0n) is 13.7. The Bertz CT molecular complexity index is 672. The van der Waals surface area contributed by atoms with E-state index < -0.39 is 0 Å². The van der Waals surface area contributed by atoms with Crippen LogP contribution in [0.3, 0.4) is 0 Å². The van der Waals surface area contributed by atoms with Crippen LogP contribution in [0, 0.1) is 5.41 Å². The lowest BCUT2D eigenvalue weighted by atomic mass is 9.63. The number of nitrogens with zero attached hydrogens (tertiary/aromatic N) is 1. The number of hydrogen-bond donors (Lipinski definition) is 2. The molecule has 0 spiro atoms. The van der Waals surface area contributed by atoms with Crippen LogP contribution in [-0.4, -0.2) is 24.5 Å². The average molecular weight is 343 g/mol. The Morgan fingerprint density at radius 3 is 2.62 bits per heavy atom. The fourth-order valence-corrected chi connectivity index (χ4v) is 4.02. The summed E-state index contributed by atoms with van der Waals surface area (Å²) >= 11 is 6.07. The summed E-state index contributed by atoms with van der Waals surface area (Å²) in [6.45, 7) is 1.91. The molecule has 0 aliphatic carbocycles. The molecule has 126 valence electrons. The van der Waals surface area contributed by atoms with Crippen LogP contribution >= 0.6 is 11.6 Å². The predicted molar refractivity (Wildman–Crippen MR) is 99.2 cm³/mol. The van der Waals surface area contributed by atoms with Gasteiger partial charge in [0.15, 0.2) is 0 Å². The second-order valence-corrected chi connectivity index (χ2v) is 7.02. The van der Waals surface area contributed by atoms with E-state index in [-0.39, 0.29) is 5.41 Å². The van der Waals surface area contributed by atoms with Crippen molar-refractivity contribution < 1.29 is 5.21 Å². The Hall–Kier alpha value is -1.84. The molecule has 0 radical (unpaired) electrons. The molecule has 2 atom stereocenters. The molecule has 1 aliphatic heterocycles. The lowest BCUT2D eigenvalue weighted by Crippen LogP contribution is -2.45. The first kappa shape index (κ1) is 17.0. The van der Waals surface area contributed by atoms with Crippen LogP contribution in [0.4, 0.5) is 0 Å². The van der Waals surface area contributed by atoms with Gasteiger partial charge in [0.25, 0.3) is 0 Å². The van der Waals surface area contributed by atoms with Crippen molar-refractivity contribution in [2.24, 2.45) is 10.6 Å². The fraction of sp³-hybridized carbons (Fsp3) is 0.350. The maximum Gasteiger partial charge on any atom is 0.0441 e. The van der Waals surface area contributed by atoms with Crippen LogP contribution < -0.4 is 5.32 Å². The van der Waals surface area contributed by atoms with Gasteiger partial charge in [0.1, 0.15) is 0 Å². The molecule has 0 aromatic heterocycles. The monoisotopic (exact) mass is 342 g/mol. The van der Waals surface area contributed by atoms with E-state index in [4.69, 9.17) is 16.8 Å². The summed E-state index contributed by atoms with van der Waals surface area (Å²) in [4.78, 5) is 0. The van der Waals surface area contributed by atoms with Gasteiger partial charge in [0.2, 0.25) is 0 Å². The Balaban J connectivity index is 1.97. The third kappa shape index (κ3) is 3.80. The zero-order chi connectivity index (χ0) is 16.8. The van der Waals surface area contributed by atoms with Crippen molar-refractivity contribution >= 4 is 17.8 Å². The molecule has 2 N–H and O–H groups in total. The highest BCUT2D eigenvalue weighted by molar-refractivity contribution is 6.30. The summed E-state index contributed by atoms with van der Waals surface area (Å²) in [6, 6.07) is 18.7. The summed E-state index contributed by atoms with van der Waals surface area (Å²) < 4.78 is 0. The van der Waals surface area contributed by atoms with Crippen molar-refractivity contribution in [3.8, 4) is 0 Å². The molecule has 4 heteroatoms. The van der Waals surface area contributed by atoms with Gasteiger partial charge < -0.3 is 10.5 Å². The van der Waals surface area contributed by atoms with Crippen molar-refractivity contribution in [1.29, 1.82) is 0 Å². The minimum absolute atomic E-state index is 0.0344. The Morgan fingerprint density at radius 2 is 1.92 bits per heavy atom. The molecule has 1 aliphatic rings. The molecule has 2 aromatic carbocycles. The van der Waals surface area contributed by atoms with Crippen LogP contribution in [0.25, 0.3) is 0 Å². The van der Waals surface area contributed by atoms with Gasteiger partial charge in [0.05, 0.1) is 0 Å². The third-order valence-electron chi connectivity index (χ3n) is 5.14. The van der Waals surface area contributed by atoms with E-state index in [0.29, 0.717) is 5.92 Å². The largest absolute Gasteiger partial charge is 0.411 e. The fourth-order valence-electron chi connectivity index (χ4n) is 3.89. The molecule has 0 bridgehead atoms. The first-order valence-electron chi connectivity index (χ1n) is 8.39. The number of rotatable bonds is 5. The highest BCUT2D eigenvalue weighted by atomic mass is 35.5. The Labute approximate surface area is 148 Å². The molecule has 2 aromatic rings. The van der Waals surface area contributed by atoms with E-state index in [0.717, 1.165) is 37.4 Å². The molecule has 1 heterocycles. The third-order valence-corrected chi connectivity index (χ3v) is 5.39. The molecule has 1 saturated heterocycles. The molecule has 0 unspecified atom stereocenters. The summed E-state index contributed by atoms with van der Waals surface area (Å²) in [5.41, 5.74) is 2.64. The average Bonchev–Trinajstić information content (AvgIpc) is 2.62. The zero-order valence-corrected chi connectivity index (χ0v) is 14.4. The second kappa shape index (κ2) is 7.82. The first-order chi connectivity index (χ1) is 11.7. The number of halogens is 1. The number of nitrogens with one attached hydrogen (secondary N) is 1. The van der Waals surface area contributed by atoms with Crippen LogP contribution in [0.1, 0.15) is 29.9 Å². The van der Waals surface area contributed by atoms with E-state index in [2.05, 4.69) is 46.9 Å². The topological polar surface area (TPSA) is 44.6 Å². The van der Waals surface area contributed by atoms with Gasteiger partial charge in [-0.25, -0.2) is 0 Å². The van der Waals surface area contributed by atoms with E-state index in [9.17, 15) is 0 Å². The van der Waals surface area contributed by atoms with Crippen molar-refractivity contribution in [3.63, 3.8) is 0 Å². The maximum absolute atomic E-state index is 9.01. The summed E-state index contributed by atoms with van der Waals surface area (Å²) in [6.07, 6.45) is 4.42. The standard InChI is InChI=1S/C20H23ClN2O/c21-18-8-6-17(7-9-18)19-15-22-12-10-20(19,11-13-23-24)14-16-4-2-1-3-5-16/h1-9,13,19,22,24H,10-12,14-15H2/t19-,20+/m1/s1. The lowest BCUT2D eigenvalue weighted by Gasteiger charge is -2.44. The highest BCUT2D eigenvalue weighted by Gasteiger charge is 2.41. The molecular formula is C20H23ClN2O. The highest BCUT2D eigenvalue weighted by Crippen LogP contribution is 2.46. The number of benzene rings is 2. The predicted octanol–water partition coefficient (Wildman–Crippen LogP) is 4.50. The minimum Gasteiger partial charge on any atom is -0.411 e. The van der Waals surface area contributed by atoms with E-state index in [1.165, 1.54) is 11.1 Å². The van der Waals surface area contributed by atoms with Gasteiger partial charge in [-0.3, -0.25) is 0 Å². The van der Waals surface area contributed by atoms with Gasteiger partial charge in [0, 0.05) is 23.7 Å². The summed E-state index contributed by atoms with van der Waals surface area (Å²) in [7, 11) is 0. The van der Waals surface area contributed by atoms with Gasteiger partial charge in [-0.15, -0.1) is 5.16 Å². The van der Waals surface area contributed by atoms with Crippen LogP contribution in [0.15, 0.2) is 59.8 Å². The SMILES string of the molecule is ON=CC[C@]1(Cc2ccccc2)CCNC[C@@H]1c1ccc(Cl)cc1. The second-order valence-electron chi connectivity index (χ2n) is 6.59. The van der Waals surface area contributed by atoms with Crippen molar-refractivity contribution in [3.05, 3.63) is 70.7 Å². The van der Waals surface area contributed by atoms with E-state index in [1.807, 2.05) is 18.2 Å². The van der Waals surface area contributed by atoms with Crippen molar-refractivity contribution in [2.45, 2.75) is 25.2 Å². The Morgan fingerprint density at radius 1 is 1.17 bits per heavy atom. The molecule has 0 amide bonds. The van der Waals surface area contributed by atoms with Crippen molar-refractivity contribution in [1.82, 2.24) is 5.32 Å². The number of piperidine rings is 1. The van der Waals surface area contributed by atoms with Crippen LogP contribution in [0.2, 0.25) is 5.02 Å². The van der Waals surface area contributed by atoms with E-state index >= 15 is 0 Å². The lowest BCUT2D eigenvalue weighted by molar-refractivity contribution is 0.169. The maximum atomic E-state index is 9.01. The van der Waals surface area contributed by atoms with Gasteiger partial charge in [-0.05, 0) is 54.5 Å².